The average molecular weight is 273 g/mol. The summed E-state index contributed by atoms with van der Waals surface area (Å²) in [4.78, 5) is 11.0. The molecule has 0 aromatic carbocycles. The minimum atomic E-state index is 0.517. The highest BCUT2D eigenvalue weighted by Gasteiger charge is 2.19. The van der Waals surface area contributed by atoms with Crippen molar-refractivity contribution in [1.82, 2.24) is 15.1 Å². The van der Waals surface area contributed by atoms with E-state index < -0.39 is 0 Å². The Morgan fingerprint density at radius 2 is 2.15 bits per heavy atom. The summed E-state index contributed by atoms with van der Waals surface area (Å²) in [7, 11) is 0. The van der Waals surface area contributed by atoms with Crippen LogP contribution in [0.2, 0.25) is 0 Å². The Labute approximate surface area is 118 Å². The maximum absolute atomic E-state index is 5.72. The lowest BCUT2D eigenvalue weighted by molar-refractivity contribution is 0.413. The van der Waals surface area contributed by atoms with Crippen LogP contribution in [0.3, 0.4) is 0 Å². The minimum Gasteiger partial charge on any atom is -0.357 e. The van der Waals surface area contributed by atoms with Crippen LogP contribution in [0.4, 0.5) is 5.82 Å². The van der Waals surface area contributed by atoms with E-state index in [2.05, 4.69) is 20.0 Å². The zero-order valence-corrected chi connectivity index (χ0v) is 11.6. The largest absolute Gasteiger partial charge is 0.357 e. The summed E-state index contributed by atoms with van der Waals surface area (Å²) in [6.45, 7) is 4.63. The molecule has 2 aromatic rings. The second kappa shape index (κ2) is 5.58. The fourth-order valence-corrected chi connectivity index (χ4v) is 2.51. The van der Waals surface area contributed by atoms with Crippen LogP contribution in [-0.4, -0.2) is 34.8 Å². The number of nitrogens with two attached hydrogens (primary N) is 1. The zero-order valence-electron chi connectivity index (χ0n) is 11.6. The average Bonchev–Trinajstić information content (AvgIpc) is 2.94. The maximum Gasteiger partial charge on any atom is 0.259 e. The molecule has 1 fully saturated rings. The van der Waals surface area contributed by atoms with E-state index in [0.29, 0.717) is 17.6 Å². The zero-order chi connectivity index (χ0) is 13.9. The van der Waals surface area contributed by atoms with Gasteiger partial charge in [-0.05, 0) is 44.4 Å². The first-order valence-electron chi connectivity index (χ1n) is 6.98. The molecule has 6 nitrogen and oxygen atoms in total. The number of hydrogen-bond acceptors (Lipinski definition) is 6. The molecule has 0 amide bonds. The second-order valence-electron chi connectivity index (χ2n) is 5.22. The van der Waals surface area contributed by atoms with Gasteiger partial charge in [0.05, 0.1) is 5.56 Å². The Bertz CT molecular complexity index is 557. The van der Waals surface area contributed by atoms with Gasteiger partial charge in [-0.25, -0.2) is 4.98 Å². The summed E-state index contributed by atoms with van der Waals surface area (Å²) in [6, 6.07) is 3.99. The summed E-state index contributed by atoms with van der Waals surface area (Å²) < 4.78 is 5.14. The molecule has 3 heterocycles. The van der Waals surface area contributed by atoms with Gasteiger partial charge in [-0.15, -0.1) is 0 Å². The number of anilines is 1. The number of aromatic nitrogens is 3. The van der Waals surface area contributed by atoms with Gasteiger partial charge in [0.1, 0.15) is 5.82 Å². The van der Waals surface area contributed by atoms with Crippen molar-refractivity contribution in [2.24, 2.45) is 11.7 Å². The van der Waals surface area contributed by atoms with E-state index >= 15 is 0 Å². The Morgan fingerprint density at radius 1 is 1.35 bits per heavy atom. The first-order chi connectivity index (χ1) is 9.76. The third-order valence-electron chi connectivity index (χ3n) is 3.79. The van der Waals surface area contributed by atoms with Crippen LogP contribution < -0.4 is 10.6 Å². The van der Waals surface area contributed by atoms with Gasteiger partial charge in [0.15, 0.2) is 5.82 Å². The van der Waals surface area contributed by atoms with Crippen LogP contribution in [0.25, 0.3) is 11.5 Å². The molecule has 1 saturated heterocycles. The molecule has 6 heteroatoms. The van der Waals surface area contributed by atoms with Crippen molar-refractivity contribution in [3.8, 4) is 11.5 Å². The van der Waals surface area contributed by atoms with Gasteiger partial charge in [-0.3, -0.25) is 0 Å². The topological polar surface area (TPSA) is 81.1 Å². The molecule has 0 radical (unpaired) electrons. The third-order valence-corrected chi connectivity index (χ3v) is 3.79. The Hall–Kier alpha value is -1.95. The van der Waals surface area contributed by atoms with Gasteiger partial charge in [0.2, 0.25) is 0 Å². The van der Waals surface area contributed by atoms with Crippen molar-refractivity contribution in [3.05, 3.63) is 24.2 Å². The minimum absolute atomic E-state index is 0.517. The molecule has 0 bridgehead atoms. The van der Waals surface area contributed by atoms with Crippen molar-refractivity contribution in [2.45, 2.75) is 19.8 Å². The molecule has 0 unspecified atom stereocenters. The number of piperidine rings is 1. The molecule has 0 saturated carbocycles. The van der Waals surface area contributed by atoms with E-state index in [1.165, 1.54) is 0 Å². The highest BCUT2D eigenvalue weighted by molar-refractivity contribution is 5.54. The molecule has 0 aliphatic carbocycles. The quantitative estimate of drug-likeness (QED) is 0.915. The molecule has 0 atom stereocenters. The third kappa shape index (κ3) is 2.65. The second-order valence-corrected chi connectivity index (χ2v) is 5.22. The summed E-state index contributed by atoms with van der Waals surface area (Å²) in [5, 5.41) is 3.79. The van der Waals surface area contributed by atoms with Crippen LogP contribution >= 0.6 is 0 Å². The smallest absolute Gasteiger partial charge is 0.259 e. The van der Waals surface area contributed by atoms with E-state index in [1.807, 2.05) is 12.1 Å². The number of pyridine rings is 1. The summed E-state index contributed by atoms with van der Waals surface area (Å²) in [6.07, 6.45) is 4.07. The van der Waals surface area contributed by atoms with Gasteiger partial charge in [0.25, 0.3) is 5.89 Å². The van der Waals surface area contributed by atoms with Gasteiger partial charge in [0, 0.05) is 19.3 Å². The molecule has 0 spiro atoms. The molecular formula is C14H19N5O. The van der Waals surface area contributed by atoms with E-state index in [-0.39, 0.29) is 0 Å². The summed E-state index contributed by atoms with van der Waals surface area (Å²) in [5.74, 6) is 2.81. The molecule has 106 valence electrons. The van der Waals surface area contributed by atoms with Gasteiger partial charge in [-0.2, -0.15) is 4.98 Å². The number of hydrogen-bond donors (Lipinski definition) is 1. The normalized spacial score (nSPS) is 16.6. The molecule has 20 heavy (non-hydrogen) atoms. The number of rotatable bonds is 3. The SMILES string of the molecule is Cc1noc(-c2ccc(N3CCC(CN)CC3)nc2)n1. The van der Waals surface area contributed by atoms with E-state index in [9.17, 15) is 0 Å². The lowest BCUT2D eigenvalue weighted by atomic mass is 9.97. The fourth-order valence-electron chi connectivity index (χ4n) is 2.51. The summed E-state index contributed by atoms with van der Waals surface area (Å²) >= 11 is 0. The fraction of sp³-hybridized carbons (Fsp3) is 0.500. The first-order valence-corrected chi connectivity index (χ1v) is 6.98. The first kappa shape index (κ1) is 13.1. The van der Waals surface area contributed by atoms with Crippen molar-refractivity contribution >= 4 is 5.82 Å². The molecule has 1 aliphatic heterocycles. The van der Waals surface area contributed by atoms with Crippen LogP contribution in [0.15, 0.2) is 22.9 Å². The monoisotopic (exact) mass is 273 g/mol. The van der Waals surface area contributed by atoms with Gasteiger partial charge in [-0.1, -0.05) is 5.16 Å². The van der Waals surface area contributed by atoms with Crippen LogP contribution in [0.5, 0.6) is 0 Å². The number of aryl methyl sites for hydroxylation is 1. The van der Waals surface area contributed by atoms with E-state index in [0.717, 1.165) is 43.9 Å². The highest BCUT2D eigenvalue weighted by Crippen LogP contribution is 2.23. The van der Waals surface area contributed by atoms with Crippen molar-refractivity contribution in [2.75, 3.05) is 24.5 Å². The van der Waals surface area contributed by atoms with Crippen molar-refractivity contribution in [1.29, 1.82) is 0 Å². The van der Waals surface area contributed by atoms with E-state index in [1.54, 1.807) is 13.1 Å². The number of nitrogens with zero attached hydrogens (tertiary/aromatic N) is 4. The Balaban J connectivity index is 1.70. The predicted octanol–water partition coefficient (Wildman–Crippen LogP) is 1.62. The van der Waals surface area contributed by atoms with Crippen molar-refractivity contribution < 1.29 is 4.52 Å². The highest BCUT2D eigenvalue weighted by atomic mass is 16.5. The molecule has 1 aliphatic rings. The van der Waals surface area contributed by atoms with Crippen molar-refractivity contribution in [3.63, 3.8) is 0 Å². The van der Waals surface area contributed by atoms with Crippen LogP contribution in [0, 0.1) is 12.8 Å². The van der Waals surface area contributed by atoms with E-state index in [4.69, 9.17) is 10.3 Å². The molecule has 3 rings (SSSR count). The molecule has 2 N–H and O–H groups in total. The standard InChI is InChI=1S/C14H19N5O/c1-10-17-14(20-18-10)12-2-3-13(16-9-12)19-6-4-11(8-15)5-7-19/h2-3,9,11H,4-8,15H2,1H3. The Morgan fingerprint density at radius 3 is 2.70 bits per heavy atom. The van der Waals surface area contributed by atoms with Crippen LogP contribution in [-0.2, 0) is 0 Å². The molecular weight excluding hydrogens is 254 g/mol. The lowest BCUT2D eigenvalue weighted by Crippen LogP contribution is -2.36. The Kier molecular flexibility index (Phi) is 3.64. The van der Waals surface area contributed by atoms with Gasteiger partial charge < -0.3 is 15.2 Å². The van der Waals surface area contributed by atoms with Crippen LogP contribution in [0.1, 0.15) is 18.7 Å². The lowest BCUT2D eigenvalue weighted by Gasteiger charge is -2.32. The maximum atomic E-state index is 5.72. The summed E-state index contributed by atoms with van der Waals surface area (Å²) in [5.41, 5.74) is 6.57. The molecule has 2 aromatic heterocycles. The predicted molar refractivity (Wildman–Crippen MR) is 76.3 cm³/mol. The van der Waals surface area contributed by atoms with Gasteiger partial charge >= 0.3 is 0 Å².